The molecule has 7 heterocycles. The molecule has 3 saturated heterocycles. The zero-order valence-electron chi connectivity index (χ0n) is 34.8. The number of fused-ring (bicyclic) bond motifs is 4. The van der Waals surface area contributed by atoms with Gasteiger partial charge in [-0.15, -0.1) is 0 Å². The molecule has 4 fully saturated rings. The molecule has 15 nitrogen and oxygen atoms in total. The first-order chi connectivity index (χ1) is 29.9. The zero-order chi connectivity index (χ0) is 42.9. The van der Waals surface area contributed by atoms with Crippen LogP contribution >= 0.6 is 11.6 Å². The van der Waals surface area contributed by atoms with Crippen molar-refractivity contribution >= 4 is 74.0 Å². The van der Waals surface area contributed by atoms with Gasteiger partial charge in [-0.25, -0.2) is 13.8 Å². The highest BCUT2D eigenvalue weighted by molar-refractivity contribution is 6.33. The summed E-state index contributed by atoms with van der Waals surface area (Å²) in [5, 5.41) is 15.4. The number of carbonyl (C=O) groups excluding carboxylic acids is 2. The van der Waals surface area contributed by atoms with E-state index < -0.39 is 30.0 Å². The lowest BCUT2D eigenvalue weighted by molar-refractivity contribution is -0.134. The molecule has 18 heteroatoms. The third-order valence-electron chi connectivity index (χ3n) is 13.5. The van der Waals surface area contributed by atoms with E-state index in [1.165, 1.54) is 4.57 Å². The lowest BCUT2D eigenvalue weighted by Gasteiger charge is -2.37. The Labute approximate surface area is 361 Å². The van der Waals surface area contributed by atoms with Gasteiger partial charge in [-0.05, 0) is 93.3 Å². The van der Waals surface area contributed by atoms with Crippen molar-refractivity contribution in [3.05, 3.63) is 63.7 Å². The van der Waals surface area contributed by atoms with E-state index in [9.17, 15) is 14.4 Å². The lowest BCUT2D eigenvalue weighted by atomic mass is 9.92. The van der Waals surface area contributed by atoms with Crippen molar-refractivity contribution in [3.8, 4) is 5.75 Å². The summed E-state index contributed by atoms with van der Waals surface area (Å²) >= 11 is 6.62. The molecule has 62 heavy (non-hydrogen) atoms. The van der Waals surface area contributed by atoms with Crippen molar-refractivity contribution in [1.29, 1.82) is 0 Å². The molecule has 3 aromatic heterocycles. The quantitative estimate of drug-likeness (QED) is 0.154. The van der Waals surface area contributed by atoms with Crippen LogP contribution in [0, 0.1) is 11.8 Å². The van der Waals surface area contributed by atoms with E-state index in [-0.39, 0.29) is 29.2 Å². The van der Waals surface area contributed by atoms with Gasteiger partial charge < -0.3 is 29.7 Å². The lowest BCUT2D eigenvalue weighted by Crippen LogP contribution is -2.47. The molecule has 0 radical (unpaired) electrons. The van der Waals surface area contributed by atoms with E-state index in [4.69, 9.17) is 26.4 Å². The van der Waals surface area contributed by atoms with Gasteiger partial charge in [0.25, 0.3) is 5.56 Å². The average molecular weight is 870 g/mol. The van der Waals surface area contributed by atoms with Crippen LogP contribution in [0.15, 0.2) is 47.4 Å². The molecular formula is C44H50ClF2N11O4. The molecule has 1 saturated carbocycles. The molecule has 5 aromatic rings. The molecule has 5 aliphatic rings. The van der Waals surface area contributed by atoms with Gasteiger partial charge >= 0.3 is 5.92 Å². The molecule has 2 atom stereocenters. The minimum Gasteiger partial charge on any atom is -0.480 e. The van der Waals surface area contributed by atoms with Crippen molar-refractivity contribution in [2.45, 2.75) is 62.8 Å². The Balaban J connectivity index is 0.740. The minimum atomic E-state index is -3.13. The first-order valence-corrected chi connectivity index (χ1v) is 22.0. The molecule has 3 N–H and O–H groups in total. The highest BCUT2D eigenvalue weighted by Gasteiger charge is 2.51. The number of alkyl halides is 2. The molecule has 326 valence electrons. The molecule has 0 spiro atoms. The van der Waals surface area contributed by atoms with Crippen LogP contribution in [0.25, 0.3) is 21.8 Å². The van der Waals surface area contributed by atoms with Gasteiger partial charge in [0.15, 0.2) is 12.4 Å². The maximum atomic E-state index is 15.2. The van der Waals surface area contributed by atoms with Crippen LogP contribution in [-0.4, -0.2) is 105 Å². The molecule has 1 aliphatic carbocycles. The molecular weight excluding hydrogens is 820 g/mol. The molecule has 2 amide bonds. The van der Waals surface area contributed by atoms with Gasteiger partial charge in [0.1, 0.15) is 5.02 Å². The summed E-state index contributed by atoms with van der Waals surface area (Å²) < 4.78 is 39.1. The monoisotopic (exact) mass is 869 g/mol. The van der Waals surface area contributed by atoms with Crippen molar-refractivity contribution in [2.75, 3.05) is 72.9 Å². The summed E-state index contributed by atoms with van der Waals surface area (Å²) in [6.07, 6.45) is 7.19. The second kappa shape index (κ2) is 16.0. The van der Waals surface area contributed by atoms with Gasteiger partial charge in [0, 0.05) is 81.9 Å². The van der Waals surface area contributed by atoms with Crippen molar-refractivity contribution in [3.63, 3.8) is 0 Å². The Morgan fingerprint density at radius 1 is 0.919 bits per heavy atom. The number of benzene rings is 2. The Morgan fingerprint density at radius 3 is 2.47 bits per heavy atom. The van der Waals surface area contributed by atoms with E-state index in [1.807, 2.05) is 17.8 Å². The number of rotatable bonds is 9. The third kappa shape index (κ3) is 7.67. The van der Waals surface area contributed by atoms with Crippen LogP contribution in [0.1, 0.15) is 56.6 Å². The second-order valence-electron chi connectivity index (χ2n) is 17.6. The zero-order valence-corrected chi connectivity index (χ0v) is 35.6. The fourth-order valence-corrected chi connectivity index (χ4v) is 9.86. The van der Waals surface area contributed by atoms with E-state index >= 15 is 8.78 Å². The summed E-state index contributed by atoms with van der Waals surface area (Å²) in [5.74, 6) is -2.68. The minimum absolute atomic E-state index is 0.104. The topological polar surface area (TPSA) is 155 Å². The predicted molar refractivity (Wildman–Crippen MR) is 234 cm³/mol. The highest BCUT2D eigenvalue weighted by atomic mass is 35.5. The van der Waals surface area contributed by atoms with Crippen LogP contribution < -0.4 is 36.0 Å². The predicted octanol–water partition coefficient (Wildman–Crippen LogP) is 5.78. The van der Waals surface area contributed by atoms with Gasteiger partial charge in [-0.3, -0.25) is 29.3 Å². The Morgan fingerprint density at radius 2 is 1.71 bits per heavy atom. The van der Waals surface area contributed by atoms with Gasteiger partial charge in [-0.2, -0.15) is 10.1 Å². The number of ether oxygens (including phenoxy) is 1. The smallest absolute Gasteiger partial charge is 0.301 e. The third-order valence-corrected chi connectivity index (χ3v) is 13.8. The van der Waals surface area contributed by atoms with Gasteiger partial charge in [-0.1, -0.05) is 11.6 Å². The van der Waals surface area contributed by atoms with E-state index in [2.05, 4.69) is 53.8 Å². The van der Waals surface area contributed by atoms with Crippen LogP contribution in [-0.2, 0) is 23.7 Å². The normalized spacial score (nSPS) is 22.3. The number of imide groups is 1. The Kier molecular flexibility index (Phi) is 10.4. The van der Waals surface area contributed by atoms with Crippen molar-refractivity contribution in [2.24, 2.45) is 25.9 Å². The number of carbonyl (C=O) groups is 2. The summed E-state index contributed by atoms with van der Waals surface area (Å²) in [5.41, 5.74) is 3.90. The largest absolute Gasteiger partial charge is 0.480 e. The van der Waals surface area contributed by atoms with E-state index in [0.29, 0.717) is 65.0 Å². The number of piperidine rings is 2. The standard InChI is InChI=1S/C44H50ClF2N11O4/c1-54-33-9-5-27(21-31(33)37-38(42(54)61)62-24-44(46,47)39(51-37)26-3-4-26)49-40-32(45)23-48-43(52-40)58-19-17-56(18-20-58)14-11-25-12-15-57(16-13-25)28-6-7-29-34(22-28)55(2)53-36(29)30-8-10-35(59)50-41(30)60/h5-7,9,21-23,25-26,30,39,51H,3-4,8,10-20,24H2,1-2H3,(H,48,49,52)(H,50,59,60). The number of nitrogens with zero attached hydrogens (tertiary/aromatic N) is 8. The number of aryl methyl sites for hydroxylation is 2. The summed E-state index contributed by atoms with van der Waals surface area (Å²) in [7, 11) is 3.52. The fraction of sp³-hybridized carbons (Fsp3) is 0.500. The van der Waals surface area contributed by atoms with E-state index in [1.54, 1.807) is 25.4 Å². The van der Waals surface area contributed by atoms with Gasteiger partial charge in [0.05, 0.1) is 40.6 Å². The number of halogens is 3. The fourth-order valence-electron chi connectivity index (χ4n) is 9.72. The molecule has 2 unspecified atom stereocenters. The van der Waals surface area contributed by atoms with Crippen molar-refractivity contribution in [1.82, 2.24) is 34.5 Å². The Hall–Kier alpha value is -5.55. The number of amides is 2. The van der Waals surface area contributed by atoms with Crippen LogP contribution in [0.3, 0.4) is 0 Å². The summed E-state index contributed by atoms with van der Waals surface area (Å²) in [4.78, 5) is 54.0. The number of aromatic nitrogens is 5. The maximum absolute atomic E-state index is 15.2. The summed E-state index contributed by atoms with van der Waals surface area (Å²) in [6, 6.07) is 10.6. The molecule has 10 rings (SSSR count). The Bertz CT molecular complexity index is 2640. The highest BCUT2D eigenvalue weighted by Crippen LogP contribution is 2.46. The molecule has 0 bridgehead atoms. The van der Waals surface area contributed by atoms with Crippen LogP contribution in [0.4, 0.5) is 37.6 Å². The second-order valence-corrected chi connectivity index (χ2v) is 18.0. The van der Waals surface area contributed by atoms with Crippen LogP contribution in [0.5, 0.6) is 5.75 Å². The molecule has 4 aliphatic heterocycles. The molecule has 2 aromatic carbocycles. The number of hydrogen-bond acceptors (Lipinski definition) is 12. The average Bonchev–Trinajstić information content (AvgIpc) is 4.08. The van der Waals surface area contributed by atoms with Crippen LogP contribution in [0.2, 0.25) is 5.02 Å². The first-order valence-electron chi connectivity index (χ1n) is 21.7. The van der Waals surface area contributed by atoms with E-state index in [0.717, 1.165) is 87.4 Å². The van der Waals surface area contributed by atoms with Crippen molar-refractivity contribution < 1.29 is 23.1 Å². The number of hydrogen-bond donors (Lipinski definition) is 3. The number of anilines is 5. The number of nitrogens with one attached hydrogen (secondary N) is 3. The maximum Gasteiger partial charge on any atom is 0.301 e. The first kappa shape index (κ1) is 40.5. The number of piperazine rings is 1. The van der Waals surface area contributed by atoms with Gasteiger partial charge in [0.2, 0.25) is 23.5 Å². The SMILES string of the molecule is Cn1nc(C2CCC(=O)NC2=O)c2ccc(N3CCC(CCN4CCN(c5ncc(Cl)c(Nc6ccc7c(c6)c6c(c(=O)n7C)OCC(F)(F)C(C7CC7)N6)n5)CC4)CC3)cc21. The summed E-state index contributed by atoms with van der Waals surface area (Å²) in [6.45, 7) is 5.48. The number of pyridine rings is 1.